The molecule has 0 aliphatic rings. The molecule has 1 heterocycles. The number of aromatic nitrogens is 1. The molecule has 3 aromatic rings. The van der Waals surface area contributed by atoms with Gasteiger partial charge in [0.1, 0.15) is 5.15 Å². The molecule has 1 aromatic heterocycles. The van der Waals surface area contributed by atoms with Crippen molar-refractivity contribution < 1.29 is 41.4 Å². The highest BCUT2D eigenvalue weighted by molar-refractivity contribution is 6.34. The van der Waals surface area contributed by atoms with Crippen molar-refractivity contribution in [3.8, 4) is 11.1 Å². The van der Waals surface area contributed by atoms with Gasteiger partial charge in [0.25, 0.3) is 0 Å². The number of alkyl halides is 6. The van der Waals surface area contributed by atoms with Crippen molar-refractivity contribution in [1.82, 2.24) is 10.3 Å². The zero-order valence-electron chi connectivity index (χ0n) is 23.5. The average molecular weight is 654 g/mol. The largest absolute Gasteiger partial charge is 0.416 e. The van der Waals surface area contributed by atoms with Crippen LogP contribution in [-0.2, 0) is 22.6 Å². The van der Waals surface area contributed by atoms with Gasteiger partial charge in [0.2, 0.25) is 5.91 Å². The Morgan fingerprint density at radius 2 is 1.42 bits per heavy atom. The highest BCUT2D eigenvalue weighted by Gasteiger charge is 2.41. The van der Waals surface area contributed by atoms with Crippen LogP contribution in [0.25, 0.3) is 11.1 Å². The van der Waals surface area contributed by atoms with Crippen molar-refractivity contribution in [2.45, 2.75) is 38.0 Å². The van der Waals surface area contributed by atoms with Gasteiger partial charge in [-0.05, 0) is 62.7 Å². The monoisotopic (exact) mass is 653 g/mol. The van der Waals surface area contributed by atoms with Gasteiger partial charge in [-0.1, -0.05) is 41.4 Å². The van der Waals surface area contributed by atoms with E-state index in [9.17, 15) is 31.1 Å². The van der Waals surface area contributed by atoms with Crippen LogP contribution in [0.2, 0.25) is 10.2 Å². The molecule has 0 saturated carbocycles. The van der Waals surface area contributed by atoms with Gasteiger partial charge in [-0.3, -0.25) is 4.79 Å². The number of anilines is 1. The van der Waals surface area contributed by atoms with E-state index in [0.717, 1.165) is 17.9 Å². The van der Waals surface area contributed by atoms with E-state index in [0.29, 0.717) is 34.8 Å². The van der Waals surface area contributed by atoms with Crippen molar-refractivity contribution in [1.29, 1.82) is 0 Å². The number of halogens is 8. The lowest BCUT2D eigenvalue weighted by Gasteiger charge is -2.32. The highest BCUT2D eigenvalue weighted by Crippen LogP contribution is 2.41. The number of benzene rings is 2. The van der Waals surface area contributed by atoms with E-state index in [4.69, 9.17) is 33.4 Å². The predicted octanol–water partition coefficient (Wildman–Crippen LogP) is 6.98. The molecule has 0 aliphatic carbocycles. The van der Waals surface area contributed by atoms with Crippen LogP contribution in [0.5, 0.6) is 0 Å². The van der Waals surface area contributed by atoms with Crippen LogP contribution in [0.1, 0.15) is 37.0 Å². The van der Waals surface area contributed by atoms with Crippen molar-refractivity contribution in [3.63, 3.8) is 0 Å². The molecule has 0 radical (unpaired) electrons. The molecule has 14 heteroatoms. The topological polar surface area (TPSA) is 85.7 Å². The van der Waals surface area contributed by atoms with Gasteiger partial charge in [0.05, 0.1) is 35.0 Å². The SMILES string of the molecule is CN(C(=O)C(C)(C)c1cc(C(F)(F)F)cc(C(F)(F)F)c1)c1cnc(Cl)cc1-c1ccccc1Cl.OCCCNCCO. The number of carbonyl (C=O) groups is 1. The summed E-state index contributed by atoms with van der Waals surface area (Å²) >= 11 is 12.3. The maximum atomic E-state index is 13.5. The molecule has 236 valence electrons. The molecule has 0 fully saturated rings. The van der Waals surface area contributed by atoms with Crippen LogP contribution in [0.4, 0.5) is 32.0 Å². The van der Waals surface area contributed by atoms with Crippen molar-refractivity contribution in [2.75, 3.05) is 38.3 Å². The second-order valence-electron chi connectivity index (χ2n) is 9.84. The fraction of sp³-hybridized carbons (Fsp3) is 0.379. The molecule has 3 rings (SSSR count). The number of carbonyl (C=O) groups excluding carboxylic acids is 1. The Morgan fingerprint density at radius 3 is 1.93 bits per heavy atom. The van der Waals surface area contributed by atoms with Crippen LogP contribution >= 0.6 is 23.2 Å². The third kappa shape index (κ3) is 9.80. The van der Waals surface area contributed by atoms with E-state index in [1.165, 1.54) is 33.2 Å². The minimum atomic E-state index is -5.04. The summed E-state index contributed by atoms with van der Waals surface area (Å²) < 4.78 is 80.2. The molecule has 0 unspecified atom stereocenters. The Balaban J connectivity index is 0.000000708. The molecule has 0 atom stereocenters. The minimum Gasteiger partial charge on any atom is -0.396 e. The second kappa shape index (κ2) is 15.2. The first-order chi connectivity index (χ1) is 19.9. The van der Waals surface area contributed by atoms with E-state index >= 15 is 0 Å². The number of amides is 1. The quantitative estimate of drug-likeness (QED) is 0.132. The van der Waals surface area contributed by atoms with Gasteiger partial charge in [0.15, 0.2) is 0 Å². The lowest BCUT2D eigenvalue weighted by molar-refractivity contribution is -0.143. The first kappa shape index (κ1) is 36.3. The number of hydrogen-bond acceptors (Lipinski definition) is 5. The number of aliphatic hydroxyl groups excluding tert-OH is 2. The minimum absolute atomic E-state index is 0.0202. The van der Waals surface area contributed by atoms with Crippen LogP contribution < -0.4 is 10.2 Å². The standard InChI is InChI=1S/C24H18Cl2F6N2O.C5H13NO2/c1-22(2,13-8-14(23(27,28)29)10-15(9-13)24(30,31)32)21(35)34(3)19-12-33-20(26)11-17(19)16-6-4-5-7-18(16)25;7-4-1-2-6-3-5-8/h4-12H,1-3H3;6-8H,1-5H2. The first-order valence-corrected chi connectivity index (χ1v) is 13.6. The molecule has 6 nitrogen and oxygen atoms in total. The summed E-state index contributed by atoms with van der Waals surface area (Å²) in [7, 11) is 1.34. The van der Waals surface area contributed by atoms with Crippen LogP contribution in [0, 0.1) is 0 Å². The normalized spacial score (nSPS) is 12.0. The van der Waals surface area contributed by atoms with Gasteiger partial charge in [-0.15, -0.1) is 0 Å². The Morgan fingerprint density at radius 1 is 0.860 bits per heavy atom. The Bertz CT molecular complexity index is 1350. The molecule has 1 amide bonds. The van der Waals surface area contributed by atoms with Crippen molar-refractivity contribution in [2.24, 2.45) is 0 Å². The molecule has 0 saturated heterocycles. The third-order valence-corrected chi connectivity index (χ3v) is 6.86. The number of rotatable bonds is 9. The Hall–Kier alpha value is -2.90. The van der Waals surface area contributed by atoms with Gasteiger partial charge < -0.3 is 20.4 Å². The number of likely N-dealkylation sites (N-methyl/N-ethyl adjacent to an activating group) is 1. The Kier molecular flexibility index (Phi) is 12.8. The zero-order valence-corrected chi connectivity index (χ0v) is 25.0. The summed E-state index contributed by atoms with van der Waals surface area (Å²) in [5, 5.41) is 19.9. The lowest BCUT2D eigenvalue weighted by atomic mass is 9.81. The van der Waals surface area contributed by atoms with Crippen LogP contribution in [0.3, 0.4) is 0 Å². The zero-order chi connectivity index (χ0) is 32.6. The fourth-order valence-corrected chi connectivity index (χ4v) is 4.36. The fourth-order valence-electron chi connectivity index (χ4n) is 3.96. The first-order valence-electron chi connectivity index (χ1n) is 12.9. The second-order valence-corrected chi connectivity index (χ2v) is 10.6. The van der Waals surface area contributed by atoms with E-state index in [-0.39, 0.29) is 30.1 Å². The lowest BCUT2D eigenvalue weighted by Crippen LogP contribution is -2.42. The molecule has 43 heavy (non-hydrogen) atoms. The molecular weight excluding hydrogens is 623 g/mol. The summed E-state index contributed by atoms with van der Waals surface area (Å²) in [6, 6.07) is 9.26. The van der Waals surface area contributed by atoms with Gasteiger partial charge >= 0.3 is 12.4 Å². The molecule has 3 N–H and O–H groups in total. The Labute approximate surface area is 255 Å². The van der Waals surface area contributed by atoms with Crippen molar-refractivity contribution in [3.05, 3.63) is 81.6 Å². The number of nitrogens with zero attached hydrogens (tertiary/aromatic N) is 2. The van der Waals surface area contributed by atoms with Gasteiger partial charge in [-0.2, -0.15) is 26.3 Å². The summed E-state index contributed by atoms with van der Waals surface area (Å²) in [4.78, 5) is 18.6. The number of nitrogens with one attached hydrogen (secondary N) is 1. The molecule has 0 aliphatic heterocycles. The van der Waals surface area contributed by atoms with E-state index in [2.05, 4.69) is 10.3 Å². The molecular formula is C29H31Cl2F6N3O3. The molecule has 2 aromatic carbocycles. The number of pyridine rings is 1. The summed E-state index contributed by atoms with van der Waals surface area (Å²) in [6.07, 6.45) is -8.04. The van der Waals surface area contributed by atoms with Crippen LogP contribution in [0.15, 0.2) is 54.7 Å². The molecule has 0 spiro atoms. The number of aliphatic hydroxyl groups is 2. The smallest absolute Gasteiger partial charge is 0.396 e. The summed E-state index contributed by atoms with van der Waals surface area (Å²) in [5.74, 6) is -0.776. The third-order valence-electron chi connectivity index (χ3n) is 6.32. The number of hydrogen-bond donors (Lipinski definition) is 3. The van der Waals surface area contributed by atoms with Gasteiger partial charge in [-0.25, -0.2) is 4.98 Å². The van der Waals surface area contributed by atoms with Gasteiger partial charge in [0, 0.05) is 36.3 Å². The molecule has 0 bridgehead atoms. The average Bonchev–Trinajstić information content (AvgIpc) is 2.94. The van der Waals surface area contributed by atoms with E-state index < -0.39 is 40.4 Å². The highest BCUT2D eigenvalue weighted by atomic mass is 35.5. The van der Waals surface area contributed by atoms with Crippen molar-refractivity contribution >= 4 is 34.8 Å². The van der Waals surface area contributed by atoms with E-state index in [1.807, 2.05) is 0 Å². The maximum Gasteiger partial charge on any atom is 0.416 e. The van der Waals surface area contributed by atoms with E-state index in [1.54, 1.807) is 24.3 Å². The van der Waals surface area contributed by atoms with Crippen LogP contribution in [-0.4, -0.2) is 54.5 Å². The maximum absolute atomic E-state index is 13.5. The predicted molar refractivity (Wildman–Crippen MR) is 154 cm³/mol. The summed E-state index contributed by atoms with van der Waals surface area (Å²) in [6.45, 7) is 4.31. The summed E-state index contributed by atoms with van der Waals surface area (Å²) in [5.41, 5.74) is -4.12.